The van der Waals surface area contributed by atoms with Crippen molar-refractivity contribution >= 4 is 5.69 Å². The second-order valence-corrected chi connectivity index (χ2v) is 4.38. The summed E-state index contributed by atoms with van der Waals surface area (Å²) in [6, 6.07) is 2.63. The number of nitrogens with zero attached hydrogens (tertiary/aromatic N) is 1. The Morgan fingerprint density at radius 2 is 2.00 bits per heavy atom. The quantitative estimate of drug-likeness (QED) is 0.588. The van der Waals surface area contributed by atoms with E-state index in [9.17, 15) is 10.1 Å². The number of ether oxygens (including phenoxy) is 4. The number of benzene rings is 1. The van der Waals surface area contributed by atoms with E-state index < -0.39 is 4.92 Å². The maximum absolute atomic E-state index is 10.8. The van der Waals surface area contributed by atoms with Crippen LogP contribution in [0.4, 0.5) is 5.69 Å². The highest BCUT2D eigenvalue weighted by molar-refractivity contribution is 5.58. The van der Waals surface area contributed by atoms with E-state index >= 15 is 0 Å². The molecule has 0 aliphatic carbocycles. The third-order valence-corrected chi connectivity index (χ3v) is 3.09. The topological polar surface area (TPSA) is 80.1 Å². The Labute approximate surface area is 116 Å². The van der Waals surface area contributed by atoms with Gasteiger partial charge in [0.1, 0.15) is 6.61 Å². The van der Waals surface area contributed by atoms with Crippen molar-refractivity contribution in [1.29, 1.82) is 0 Å². The smallest absolute Gasteiger partial charge is 0.277 e. The molecule has 20 heavy (non-hydrogen) atoms. The van der Waals surface area contributed by atoms with Crippen LogP contribution in [0.5, 0.6) is 17.2 Å². The predicted molar refractivity (Wildman–Crippen MR) is 70.7 cm³/mol. The van der Waals surface area contributed by atoms with Gasteiger partial charge < -0.3 is 18.9 Å². The number of non-ortho nitro benzene ring substituents is 1. The highest BCUT2D eigenvalue weighted by Gasteiger charge is 2.22. The van der Waals surface area contributed by atoms with Crippen LogP contribution in [0.2, 0.25) is 0 Å². The van der Waals surface area contributed by atoms with Gasteiger partial charge in [0.2, 0.25) is 5.75 Å². The first-order valence-corrected chi connectivity index (χ1v) is 6.30. The summed E-state index contributed by atoms with van der Waals surface area (Å²) < 4.78 is 21.4. The SMILES string of the molecule is COc1cc([N+](=O)[O-])cc(OC)c1OCC1CCCO1. The Hall–Kier alpha value is -2.02. The normalized spacial score (nSPS) is 17.8. The predicted octanol–water partition coefficient (Wildman–Crippen LogP) is 2.17. The Bertz CT molecular complexity index is 459. The first-order chi connectivity index (χ1) is 9.65. The summed E-state index contributed by atoms with van der Waals surface area (Å²) in [5, 5.41) is 10.8. The van der Waals surface area contributed by atoms with E-state index in [1.54, 1.807) is 0 Å². The number of hydrogen-bond acceptors (Lipinski definition) is 6. The minimum absolute atomic E-state index is 0.0413. The molecule has 0 bridgehead atoms. The van der Waals surface area contributed by atoms with Crippen LogP contribution in [0.25, 0.3) is 0 Å². The Morgan fingerprint density at radius 1 is 1.35 bits per heavy atom. The van der Waals surface area contributed by atoms with Gasteiger partial charge in [-0.1, -0.05) is 0 Å². The molecule has 1 aliphatic heterocycles. The molecular weight excluding hydrogens is 266 g/mol. The third-order valence-electron chi connectivity index (χ3n) is 3.09. The van der Waals surface area contributed by atoms with Crippen LogP contribution in [-0.4, -0.2) is 38.5 Å². The molecule has 1 fully saturated rings. The lowest BCUT2D eigenvalue weighted by molar-refractivity contribution is -0.385. The number of nitro groups is 1. The summed E-state index contributed by atoms with van der Waals surface area (Å²) in [5.74, 6) is 0.902. The summed E-state index contributed by atoms with van der Waals surface area (Å²) in [6.45, 7) is 1.10. The van der Waals surface area contributed by atoms with Crippen molar-refractivity contribution in [2.45, 2.75) is 18.9 Å². The van der Waals surface area contributed by atoms with Gasteiger partial charge in [0.05, 0.1) is 37.4 Å². The van der Waals surface area contributed by atoms with Crippen molar-refractivity contribution in [3.63, 3.8) is 0 Å². The van der Waals surface area contributed by atoms with Gasteiger partial charge >= 0.3 is 0 Å². The lowest BCUT2D eigenvalue weighted by atomic mass is 10.2. The van der Waals surface area contributed by atoms with Crippen LogP contribution in [0, 0.1) is 10.1 Å². The van der Waals surface area contributed by atoms with Crippen LogP contribution in [0.3, 0.4) is 0 Å². The van der Waals surface area contributed by atoms with Crippen LogP contribution < -0.4 is 14.2 Å². The first kappa shape index (κ1) is 14.4. The molecule has 7 heteroatoms. The van der Waals surface area contributed by atoms with Crippen molar-refractivity contribution in [3.8, 4) is 17.2 Å². The molecule has 1 aromatic carbocycles. The first-order valence-electron chi connectivity index (χ1n) is 6.30. The summed E-state index contributed by atoms with van der Waals surface area (Å²) >= 11 is 0. The molecule has 1 atom stereocenters. The van der Waals surface area contributed by atoms with Crippen molar-refractivity contribution in [3.05, 3.63) is 22.2 Å². The van der Waals surface area contributed by atoms with E-state index in [-0.39, 0.29) is 23.3 Å². The number of methoxy groups -OCH3 is 2. The number of nitro benzene ring substituents is 1. The molecule has 1 aliphatic rings. The van der Waals surface area contributed by atoms with Gasteiger partial charge in [-0.3, -0.25) is 10.1 Å². The van der Waals surface area contributed by atoms with E-state index in [2.05, 4.69) is 0 Å². The fraction of sp³-hybridized carbons (Fsp3) is 0.538. The van der Waals surface area contributed by atoms with Gasteiger partial charge in [-0.05, 0) is 12.8 Å². The number of rotatable bonds is 6. The minimum atomic E-state index is -0.505. The Morgan fingerprint density at radius 3 is 2.45 bits per heavy atom. The largest absolute Gasteiger partial charge is 0.492 e. The highest BCUT2D eigenvalue weighted by atomic mass is 16.6. The summed E-state index contributed by atoms with van der Waals surface area (Å²) in [6.07, 6.45) is 2.00. The van der Waals surface area contributed by atoms with Crippen molar-refractivity contribution < 1.29 is 23.9 Å². The summed E-state index contributed by atoms with van der Waals surface area (Å²) in [4.78, 5) is 10.3. The lowest BCUT2D eigenvalue weighted by Crippen LogP contribution is -2.17. The molecule has 0 N–H and O–H groups in total. The average Bonchev–Trinajstić information content (AvgIpc) is 2.97. The van der Waals surface area contributed by atoms with Gasteiger partial charge in [0.15, 0.2) is 11.5 Å². The molecular formula is C13H17NO6. The second-order valence-electron chi connectivity index (χ2n) is 4.38. The molecule has 0 saturated carbocycles. The molecule has 0 radical (unpaired) electrons. The van der Waals surface area contributed by atoms with Crippen LogP contribution in [0.15, 0.2) is 12.1 Å². The Kier molecular flexibility index (Phi) is 4.62. The molecule has 0 amide bonds. The number of hydrogen-bond donors (Lipinski definition) is 0. The standard InChI is InChI=1S/C13H17NO6/c1-17-11-6-9(14(15)16)7-12(18-2)13(11)20-8-10-4-3-5-19-10/h6-7,10H,3-5,8H2,1-2H3. The zero-order valence-corrected chi connectivity index (χ0v) is 11.5. The van der Waals surface area contributed by atoms with E-state index in [1.807, 2.05) is 0 Å². The molecule has 1 heterocycles. The van der Waals surface area contributed by atoms with E-state index in [1.165, 1.54) is 26.4 Å². The Balaban J connectivity index is 2.22. The monoisotopic (exact) mass is 283 g/mol. The summed E-state index contributed by atoms with van der Waals surface area (Å²) in [7, 11) is 2.86. The third kappa shape index (κ3) is 3.11. The van der Waals surface area contributed by atoms with Crippen LogP contribution in [0.1, 0.15) is 12.8 Å². The minimum Gasteiger partial charge on any atom is -0.492 e. The van der Waals surface area contributed by atoms with E-state index in [0.29, 0.717) is 12.4 Å². The van der Waals surface area contributed by atoms with E-state index in [0.717, 1.165) is 19.4 Å². The zero-order valence-electron chi connectivity index (χ0n) is 11.5. The maximum atomic E-state index is 10.8. The van der Waals surface area contributed by atoms with Gasteiger partial charge in [-0.25, -0.2) is 0 Å². The molecule has 7 nitrogen and oxygen atoms in total. The molecule has 0 aromatic heterocycles. The fourth-order valence-electron chi connectivity index (χ4n) is 2.07. The summed E-state index contributed by atoms with van der Waals surface area (Å²) in [5.41, 5.74) is -0.108. The van der Waals surface area contributed by atoms with Gasteiger partial charge in [0.25, 0.3) is 5.69 Å². The van der Waals surface area contributed by atoms with Crippen molar-refractivity contribution in [2.24, 2.45) is 0 Å². The highest BCUT2D eigenvalue weighted by Crippen LogP contribution is 2.41. The molecule has 0 spiro atoms. The van der Waals surface area contributed by atoms with Crippen molar-refractivity contribution in [2.75, 3.05) is 27.4 Å². The van der Waals surface area contributed by atoms with E-state index in [4.69, 9.17) is 18.9 Å². The zero-order chi connectivity index (χ0) is 14.5. The molecule has 1 saturated heterocycles. The van der Waals surface area contributed by atoms with Crippen molar-refractivity contribution in [1.82, 2.24) is 0 Å². The molecule has 1 unspecified atom stereocenters. The molecule has 2 rings (SSSR count). The van der Waals surface area contributed by atoms with Gasteiger partial charge in [0, 0.05) is 6.61 Å². The van der Waals surface area contributed by atoms with Crippen LogP contribution >= 0.6 is 0 Å². The van der Waals surface area contributed by atoms with Crippen LogP contribution in [-0.2, 0) is 4.74 Å². The average molecular weight is 283 g/mol. The van der Waals surface area contributed by atoms with Gasteiger partial charge in [-0.2, -0.15) is 0 Å². The fourth-order valence-corrected chi connectivity index (χ4v) is 2.07. The van der Waals surface area contributed by atoms with Gasteiger partial charge in [-0.15, -0.1) is 0 Å². The molecule has 1 aromatic rings. The second kappa shape index (κ2) is 6.42. The maximum Gasteiger partial charge on any atom is 0.277 e. The lowest BCUT2D eigenvalue weighted by Gasteiger charge is -2.16. The molecule has 110 valence electrons.